The van der Waals surface area contributed by atoms with Crippen molar-refractivity contribution in [2.24, 2.45) is 0 Å². The molecule has 5 rings (SSSR count). The number of hydrogen-bond acceptors (Lipinski definition) is 9. The Balaban J connectivity index is 1.23. The first-order valence-corrected chi connectivity index (χ1v) is 13.4. The number of halogens is 2. The van der Waals surface area contributed by atoms with Crippen LogP contribution < -0.4 is 21.3 Å². The van der Waals surface area contributed by atoms with Crippen molar-refractivity contribution >= 4 is 52.5 Å². The fourth-order valence-electron chi connectivity index (χ4n) is 5.44. The molecule has 1 atom stereocenters. The summed E-state index contributed by atoms with van der Waals surface area (Å²) in [5.41, 5.74) is 6.56. The SMILES string of the molecule is CC[C@H]1CN(c2nc3c(nc2Cl)C(=O)NCCN3)CCN1C1CCN(C(=O)c2ccc(Cl)nc2N)CC1. The minimum atomic E-state index is -0.267. The summed E-state index contributed by atoms with van der Waals surface area (Å²) in [6.45, 7) is 6.98. The lowest BCUT2D eigenvalue weighted by molar-refractivity contribution is 0.0491. The predicted molar refractivity (Wildman–Crippen MR) is 143 cm³/mol. The first-order chi connectivity index (χ1) is 17.9. The number of fused-ring (bicyclic) bond motifs is 1. The van der Waals surface area contributed by atoms with E-state index in [4.69, 9.17) is 33.9 Å². The molecule has 2 aromatic rings. The van der Waals surface area contributed by atoms with Gasteiger partial charge in [0.05, 0.1) is 5.56 Å². The smallest absolute Gasteiger partial charge is 0.273 e. The molecule has 0 saturated carbocycles. The Morgan fingerprint density at radius 2 is 1.84 bits per heavy atom. The van der Waals surface area contributed by atoms with Crippen molar-refractivity contribution in [1.82, 2.24) is 30.1 Å². The van der Waals surface area contributed by atoms with E-state index >= 15 is 0 Å². The average molecular weight is 548 g/mol. The quantitative estimate of drug-likeness (QED) is 0.492. The number of nitrogen functional groups attached to an aromatic ring is 1. The summed E-state index contributed by atoms with van der Waals surface area (Å²) in [4.78, 5) is 44.9. The number of hydrogen-bond donors (Lipinski definition) is 3. The second kappa shape index (κ2) is 10.8. The minimum Gasteiger partial charge on any atom is -0.383 e. The minimum absolute atomic E-state index is 0.101. The number of nitrogens with zero attached hydrogens (tertiary/aromatic N) is 6. The molecular formula is C24H31Cl2N9O2. The van der Waals surface area contributed by atoms with Gasteiger partial charge in [0.1, 0.15) is 11.0 Å². The summed E-state index contributed by atoms with van der Waals surface area (Å²) < 4.78 is 0. The molecule has 0 spiro atoms. The number of carbonyl (C=O) groups is 2. The molecule has 11 nitrogen and oxygen atoms in total. The van der Waals surface area contributed by atoms with Crippen molar-refractivity contribution < 1.29 is 9.59 Å². The summed E-state index contributed by atoms with van der Waals surface area (Å²) in [6, 6.07) is 3.93. The molecule has 37 heavy (non-hydrogen) atoms. The van der Waals surface area contributed by atoms with E-state index in [1.54, 1.807) is 12.1 Å². The first-order valence-electron chi connectivity index (χ1n) is 12.7. The van der Waals surface area contributed by atoms with Crippen LogP contribution in [0.1, 0.15) is 47.0 Å². The highest BCUT2D eigenvalue weighted by molar-refractivity contribution is 6.32. The van der Waals surface area contributed by atoms with Crippen molar-refractivity contribution in [2.75, 3.05) is 61.8 Å². The highest BCUT2D eigenvalue weighted by Crippen LogP contribution is 2.31. The summed E-state index contributed by atoms with van der Waals surface area (Å²) in [7, 11) is 0. The van der Waals surface area contributed by atoms with Gasteiger partial charge in [-0.15, -0.1) is 0 Å². The first kappa shape index (κ1) is 25.7. The molecule has 0 bridgehead atoms. The van der Waals surface area contributed by atoms with E-state index in [1.165, 1.54) is 0 Å². The Labute approximate surface area is 225 Å². The van der Waals surface area contributed by atoms with Crippen LogP contribution in [0.4, 0.5) is 17.5 Å². The van der Waals surface area contributed by atoms with E-state index < -0.39 is 0 Å². The number of piperidine rings is 1. The van der Waals surface area contributed by atoms with Crippen molar-refractivity contribution in [3.63, 3.8) is 0 Å². The summed E-state index contributed by atoms with van der Waals surface area (Å²) in [6.07, 6.45) is 2.75. The molecule has 3 aliphatic heterocycles. The lowest BCUT2D eigenvalue weighted by Gasteiger charge is -2.47. The maximum atomic E-state index is 13.0. The Bertz CT molecular complexity index is 1190. The topological polar surface area (TPSA) is 133 Å². The molecule has 0 aromatic carbocycles. The normalized spacial score (nSPS) is 21.2. The molecule has 198 valence electrons. The Morgan fingerprint density at radius 1 is 1.08 bits per heavy atom. The van der Waals surface area contributed by atoms with Gasteiger partial charge in [-0.2, -0.15) is 0 Å². The highest BCUT2D eigenvalue weighted by atomic mass is 35.5. The fraction of sp³-hybridized carbons (Fsp3) is 0.542. The molecule has 3 aliphatic rings. The molecule has 0 unspecified atom stereocenters. The number of amides is 2. The third-order valence-corrected chi connectivity index (χ3v) is 7.86. The number of rotatable bonds is 4. The van der Waals surface area contributed by atoms with Crippen molar-refractivity contribution in [2.45, 2.75) is 38.3 Å². The second-order valence-corrected chi connectivity index (χ2v) is 10.3. The van der Waals surface area contributed by atoms with E-state index in [9.17, 15) is 9.59 Å². The van der Waals surface area contributed by atoms with Crippen LogP contribution in [0.25, 0.3) is 0 Å². The van der Waals surface area contributed by atoms with Crippen molar-refractivity contribution in [1.29, 1.82) is 0 Å². The maximum absolute atomic E-state index is 13.0. The number of carbonyl (C=O) groups excluding carboxylic acids is 2. The number of nitrogens with one attached hydrogen (secondary N) is 2. The van der Waals surface area contributed by atoms with E-state index in [1.807, 2.05) is 4.90 Å². The van der Waals surface area contributed by atoms with Gasteiger partial charge in [0.2, 0.25) is 0 Å². The van der Waals surface area contributed by atoms with Crippen molar-refractivity contribution in [3.8, 4) is 0 Å². The number of anilines is 3. The molecule has 2 aromatic heterocycles. The third kappa shape index (κ3) is 5.25. The standard InChI is InChI=1S/C24H31Cl2N9O2/c1-2-14-13-34(22-19(26)31-18-21(32-22)28-7-8-29-23(18)36)11-12-35(14)15-5-9-33(10-6-15)24(37)16-3-4-17(25)30-20(16)27/h3-4,14-15H,2,5-13H2,1H3,(H2,27,30)(H,28,32)(H,29,36)/t14-/m0/s1. The van der Waals surface area contributed by atoms with Crippen LogP contribution in [0.2, 0.25) is 10.3 Å². The van der Waals surface area contributed by atoms with Crippen molar-refractivity contribution in [3.05, 3.63) is 33.7 Å². The second-order valence-electron chi connectivity index (χ2n) is 9.55. The van der Waals surface area contributed by atoms with E-state index in [0.29, 0.717) is 55.5 Å². The Morgan fingerprint density at radius 3 is 2.57 bits per heavy atom. The highest BCUT2D eigenvalue weighted by Gasteiger charge is 2.36. The van der Waals surface area contributed by atoms with Crippen LogP contribution in [0.15, 0.2) is 12.1 Å². The number of piperazine rings is 1. The molecule has 0 radical (unpaired) electrons. The van der Waals surface area contributed by atoms with Crippen LogP contribution in [-0.4, -0.2) is 94.5 Å². The van der Waals surface area contributed by atoms with Crippen LogP contribution >= 0.6 is 23.2 Å². The van der Waals surface area contributed by atoms with Gasteiger partial charge in [-0.25, -0.2) is 15.0 Å². The molecule has 2 amide bonds. The average Bonchev–Trinajstić information content (AvgIpc) is 3.08. The van der Waals surface area contributed by atoms with Crippen LogP contribution in [0.5, 0.6) is 0 Å². The van der Waals surface area contributed by atoms with Gasteiger partial charge in [0.25, 0.3) is 11.8 Å². The van der Waals surface area contributed by atoms with Gasteiger partial charge in [0.15, 0.2) is 22.5 Å². The Hall–Kier alpha value is -2.89. The van der Waals surface area contributed by atoms with Gasteiger partial charge in [-0.1, -0.05) is 30.1 Å². The predicted octanol–water partition coefficient (Wildman–Crippen LogP) is 2.12. The van der Waals surface area contributed by atoms with Gasteiger partial charge in [-0.05, 0) is 31.4 Å². The van der Waals surface area contributed by atoms with Crippen LogP contribution in [0.3, 0.4) is 0 Å². The summed E-state index contributed by atoms with van der Waals surface area (Å²) in [5.74, 6) is 0.874. The summed E-state index contributed by atoms with van der Waals surface area (Å²) >= 11 is 12.4. The molecule has 2 fully saturated rings. The number of pyridine rings is 1. The van der Waals surface area contributed by atoms with E-state index in [-0.39, 0.29) is 33.6 Å². The molecule has 0 aliphatic carbocycles. The molecular weight excluding hydrogens is 517 g/mol. The number of nitrogens with two attached hydrogens (primary N) is 1. The van der Waals surface area contributed by atoms with Gasteiger partial charge >= 0.3 is 0 Å². The van der Waals surface area contributed by atoms with Crippen LogP contribution in [0, 0.1) is 0 Å². The molecule has 13 heteroatoms. The van der Waals surface area contributed by atoms with Crippen LogP contribution in [-0.2, 0) is 0 Å². The maximum Gasteiger partial charge on any atom is 0.273 e. The van der Waals surface area contributed by atoms with Gasteiger partial charge in [0, 0.05) is 57.9 Å². The lowest BCUT2D eigenvalue weighted by atomic mass is 9.97. The molecule has 4 N–H and O–H groups in total. The zero-order valence-electron chi connectivity index (χ0n) is 20.7. The van der Waals surface area contributed by atoms with E-state index in [0.717, 1.165) is 38.9 Å². The van der Waals surface area contributed by atoms with E-state index in [2.05, 4.69) is 37.3 Å². The van der Waals surface area contributed by atoms with Gasteiger partial charge < -0.3 is 26.2 Å². The molecule has 5 heterocycles. The third-order valence-electron chi connectivity index (χ3n) is 7.40. The molecule has 2 saturated heterocycles. The lowest BCUT2D eigenvalue weighted by Crippen LogP contribution is -2.58. The zero-order valence-corrected chi connectivity index (χ0v) is 22.2. The Kier molecular flexibility index (Phi) is 7.55. The zero-order chi connectivity index (χ0) is 26.1. The van der Waals surface area contributed by atoms with Gasteiger partial charge in [-0.3, -0.25) is 14.5 Å². The number of likely N-dealkylation sites (tertiary alicyclic amines) is 1. The number of aromatic nitrogens is 3. The largest absolute Gasteiger partial charge is 0.383 e. The monoisotopic (exact) mass is 547 g/mol. The summed E-state index contributed by atoms with van der Waals surface area (Å²) in [5, 5.41) is 6.48. The fourth-order valence-corrected chi connectivity index (χ4v) is 5.84.